The molecule has 0 aliphatic heterocycles. The molecule has 0 bridgehead atoms. The van der Waals surface area contributed by atoms with Crippen LogP contribution in [-0.4, -0.2) is 22.1 Å². The van der Waals surface area contributed by atoms with E-state index in [0.717, 1.165) is 38.8 Å². The lowest BCUT2D eigenvalue weighted by Crippen LogP contribution is -2.10. The molecule has 3 aromatic carbocycles. The zero-order valence-corrected chi connectivity index (χ0v) is 17.6. The van der Waals surface area contributed by atoms with E-state index >= 15 is 0 Å². The van der Waals surface area contributed by atoms with E-state index in [4.69, 9.17) is 4.74 Å². The number of para-hydroxylation sites is 1. The number of hydrogen-bond donors (Lipinski definition) is 2. The molecular formula is C23H18ClN3O2S. The van der Waals surface area contributed by atoms with Crippen LogP contribution in [0.5, 0.6) is 5.75 Å². The summed E-state index contributed by atoms with van der Waals surface area (Å²) < 4.78 is 5.28. The maximum absolute atomic E-state index is 13.0. The van der Waals surface area contributed by atoms with E-state index in [0.29, 0.717) is 10.1 Å². The Morgan fingerprint density at radius 3 is 2.47 bits per heavy atom. The van der Waals surface area contributed by atoms with Crippen molar-refractivity contribution in [2.75, 3.05) is 7.11 Å². The van der Waals surface area contributed by atoms with Crippen LogP contribution in [0.1, 0.15) is 0 Å². The van der Waals surface area contributed by atoms with Gasteiger partial charge in [0.2, 0.25) is 0 Å². The maximum atomic E-state index is 13.0. The van der Waals surface area contributed by atoms with Crippen molar-refractivity contribution in [3.63, 3.8) is 0 Å². The van der Waals surface area contributed by atoms with Gasteiger partial charge in [-0.15, -0.1) is 12.4 Å². The summed E-state index contributed by atoms with van der Waals surface area (Å²) >= 11 is 1.34. The Kier molecular flexibility index (Phi) is 5.53. The summed E-state index contributed by atoms with van der Waals surface area (Å²) in [7, 11) is 1.63. The molecule has 2 N–H and O–H groups in total. The summed E-state index contributed by atoms with van der Waals surface area (Å²) in [5.41, 5.74) is 4.28. The predicted octanol–water partition coefficient (Wildman–Crippen LogP) is 5.65. The number of nitrogens with one attached hydrogen (secondary N) is 2. The highest BCUT2D eigenvalue weighted by atomic mass is 35.5. The van der Waals surface area contributed by atoms with Crippen LogP contribution >= 0.6 is 24.2 Å². The van der Waals surface area contributed by atoms with Crippen molar-refractivity contribution in [2.24, 2.45) is 0 Å². The number of pyridine rings is 1. The molecule has 2 heterocycles. The quantitative estimate of drug-likeness (QED) is 0.382. The molecule has 0 fully saturated rings. The van der Waals surface area contributed by atoms with Gasteiger partial charge in [-0.2, -0.15) is 0 Å². The highest BCUT2D eigenvalue weighted by Crippen LogP contribution is 2.37. The number of hydrogen-bond acceptors (Lipinski definition) is 4. The van der Waals surface area contributed by atoms with Crippen LogP contribution in [0.15, 0.2) is 87.6 Å². The molecule has 150 valence electrons. The van der Waals surface area contributed by atoms with E-state index in [2.05, 4.69) is 15.0 Å². The third kappa shape index (κ3) is 3.56. The van der Waals surface area contributed by atoms with Crippen molar-refractivity contribution in [1.82, 2.24) is 15.0 Å². The van der Waals surface area contributed by atoms with Crippen LogP contribution in [0.4, 0.5) is 0 Å². The van der Waals surface area contributed by atoms with Crippen molar-refractivity contribution in [2.45, 2.75) is 10.1 Å². The number of aromatic amines is 2. The lowest BCUT2D eigenvalue weighted by atomic mass is 10.0. The molecule has 5 rings (SSSR count). The number of benzene rings is 3. The molecule has 0 amide bonds. The van der Waals surface area contributed by atoms with Gasteiger partial charge in [-0.25, -0.2) is 4.98 Å². The molecule has 2 aromatic heterocycles. The first-order valence-electron chi connectivity index (χ1n) is 9.15. The molecule has 0 aliphatic rings. The number of halogens is 1. The number of methoxy groups -OCH3 is 1. The molecule has 0 atom stereocenters. The lowest BCUT2D eigenvalue weighted by Gasteiger charge is -2.11. The van der Waals surface area contributed by atoms with Gasteiger partial charge in [0.15, 0.2) is 5.16 Å². The van der Waals surface area contributed by atoms with Crippen molar-refractivity contribution in [3.8, 4) is 16.9 Å². The smallest absolute Gasteiger partial charge is 0.263 e. The molecule has 30 heavy (non-hydrogen) atoms. The third-order valence-electron chi connectivity index (χ3n) is 4.81. The maximum Gasteiger partial charge on any atom is 0.263 e. The van der Waals surface area contributed by atoms with Gasteiger partial charge in [0.1, 0.15) is 5.75 Å². The van der Waals surface area contributed by atoms with Gasteiger partial charge in [0, 0.05) is 22.5 Å². The molecule has 0 radical (unpaired) electrons. The molecule has 5 nitrogen and oxygen atoms in total. The van der Waals surface area contributed by atoms with Crippen LogP contribution in [-0.2, 0) is 0 Å². The minimum absolute atomic E-state index is 0. The van der Waals surface area contributed by atoms with Crippen LogP contribution < -0.4 is 10.3 Å². The predicted molar refractivity (Wildman–Crippen MR) is 124 cm³/mol. The van der Waals surface area contributed by atoms with E-state index in [1.807, 2.05) is 72.8 Å². The van der Waals surface area contributed by atoms with E-state index in [-0.39, 0.29) is 18.0 Å². The van der Waals surface area contributed by atoms with Crippen molar-refractivity contribution >= 4 is 46.1 Å². The lowest BCUT2D eigenvalue weighted by molar-refractivity contribution is 0.415. The van der Waals surface area contributed by atoms with E-state index in [1.165, 1.54) is 11.8 Å². The summed E-state index contributed by atoms with van der Waals surface area (Å²) in [6.07, 6.45) is 0. The number of nitrogens with zero attached hydrogens (tertiary/aromatic N) is 1. The first kappa shape index (κ1) is 20.1. The third-order valence-corrected chi connectivity index (χ3v) is 5.79. The fraction of sp³-hybridized carbons (Fsp3) is 0.0435. The first-order valence-corrected chi connectivity index (χ1v) is 9.96. The zero-order valence-electron chi connectivity index (χ0n) is 16.0. The summed E-state index contributed by atoms with van der Waals surface area (Å²) in [5.74, 6) is 0.756. The van der Waals surface area contributed by atoms with Gasteiger partial charge in [0.25, 0.3) is 5.56 Å². The number of ether oxygens (including phenoxy) is 1. The number of aromatic nitrogens is 3. The van der Waals surface area contributed by atoms with Gasteiger partial charge < -0.3 is 14.7 Å². The monoisotopic (exact) mass is 435 g/mol. The Bertz CT molecular complexity index is 1400. The van der Waals surface area contributed by atoms with Gasteiger partial charge in [-0.3, -0.25) is 4.79 Å². The number of fused-ring (bicyclic) bond motifs is 2. The zero-order chi connectivity index (χ0) is 19.8. The summed E-state index contributed by atoms with van der Waals surface area (Å²) in [5, 5.41) is 1.66. The molecule has 0 saturated heterocycles. The highest BCUT2D eigenvalue weighted by Gasteiger charge is 2.17. The van der Waals surface area contributed by atoms with Crippen LogP contribution in [0.3, 0.4) is 0 Å². The molecule has 0 aliphatic carbocycles. The van der Waals surface area contributed by atoms with Gasteiger partial charge in [-0.05, 0) is 35.5 Å². The van der Waals surface area contributed by atoms with E-state index in [9.17, 15) is 4.79 Å². The molecular weight excluding hydrogens is 418 g/mol. The summed E-state index contributed by atoms with van der Waals surface area (Å²) in [4.78, 5) is 24.6. The molecule has 0 saturated carbocycles. The SMILES string of the molecule is COc1ccc2nc(Sc3c(-c4ccccc4)c4ccccc4[nH]c3=O)[nH]c2c1.Cl. The number of imidazole rings is 1. The van der Waals surface area contributed by atoms with Crippen molar-refractivity contribution in [3.05, 3.63) is 83.2 Å². The normalized spacial score (nSPS) is 10.8. The molecule has 7 heteroatoms. The Hall–Kier alpha value is -3.22. The van der Waals surface area contributed by atoms with Crippen LogP contribution in [0.25, 0.3) is 33.1 Å². The van der Waals surface area contributed by atoms with E-state index in [1.54, 1.807) is 7.11 Å². The van der Waals surface area contributed by atoms with Crippen molar-refractivity contribution < 1.29 is 4.74 Å². The highest BCUT2D eigenvalue weighted by molar-refractivity contribution is 7.99. The Morgan fingerprint density at radius 2 is 1.67 bits per heavy atom. The number of H-pyrrole nitrogens is 2. The summed E-state index contributed by atoms with van der Waals surface area (Å²) in [6, 6.07) is 23.5. The van der Waals surface area contributed by atoms with Crippen molar-refractivity contribution in [1.29, 1.82) is 0 Å². The van der Waals surface area contributed by atoms with Gasteiger partial charge in [0.05, 0.1) is 23.0 Å². The topological polar surface area (TPSA) is 70.8 Å². The fourth-order valence-electron chi connectivity index (χ4n) is 3.45. The fourth-order valence-corrected chi connectivity index (χ4v) is 4.42. The standard InChI is InChI=1S/C23H17N3O2S.ClH/c1-28-15-11-12-18-19(13-15)26-23(25-18)29-21-20(14-7-3-2-4-8-14)16-9-5-6-10-17(16)24-22(21)27;/h2-13H,1H3,(H,24,27)(H,25,26);1H. The first-order chi connectivity index (χ1) is 14.2. The minimum atomic E-state index is -0.134. The Balaban J connectivity index is 0.00000218. The van der Waals surface area contributed by atoms with Crippen LogP contribution in [0.2, 0.25) is 0 Å². The largest absolute Gasteiger partial charge is 0.497 e. The van der Waals surface area contributed by atoms with Gasteiger partial charge in [-0.1, -0.05) is 48.5 Å². The summed E-state index contributed by atoms with van der Waals surface area (Å²) in [6.45, 7) is 0. The Morgan fingerprint density at radius 1 is 0.900 bits per heavy atom. The molecule has 5 aromatic rings. The second kappa shape index (κ2) is 8.26. The number of rotatable bonds is 4. The molecule has 0 unspecified atom stereocenters. The second-order valence-electron chi connectivity index (χ2n) is 6.60. The van der Waals surface area contributed by atoms with Crippen LogP contribution in [0, 0.1) is 0 Å². The second-order valence-corrected chi connectivity index (χ2v) is 7.60. The minimum Gasteiger partial charge on any atom is -0.497 e. The van der Waals surface area contributed by atoms with Gasteiger partial charge >= 0.3 is 0 Å². The average molecular weight is 436 g/mol. The van der Waals surface area contributed by atoms with E-state index < -0.39 is 0 Å². The molecule has 0 spiro atoms. The Labute approximate surface area is 182 Å². The average Bonchev–Trinajstić information content (AvgIpc) is 3.16.